The Morgan fingerprint density at radius 2 is 1.22 bits per heavy atom. The van der Waals surface area contributed by atoms with Gasteiger partial charge in [0, 0.05) is 17.2 Å². The summed E-state index contributed by atoms with van der Waals surface area (Å²) >= 11 is 0. The van der Waals surface area contributed by atoms with E-state index in [0.717, 1.165) is 33.6 Å². The fourth-order valence-corrected chi connectivity index (χ4v) is 3.36. The van der Waals surface area contributed by atoms with E-state index in [4.69, 9.17) is 4.98 Å². The number of pyridine rings is 1. The van der Waals surface area contributed by atoms with E-state index in [1.165, 1.54) is 0 Å². The van der Waals surface area contributed by atoms with Gasteiger partial charge in [-0.15, -0.1) is 60.2 Å². The van der Waals surface area contributed by atoms with Crippen LogP contribution in [0.5, 0.6) is 5.75 Å². The second-order valence-electron chi connectivity index (χ2n) is 7.98. The number of phenols is 1. The number of benzene rings is 4. The molecule has 0 aliphatic rings. The molecule has 1 heterocycles. The van der Waals surface area contributed by atoms with E-state index < -0.39 is 0 Å². The van der Waals surface area contributed by atoms with Crippen LogP contribution in [-0.4, -0.2) is 10.1 Å². The molecular weight excluding hydrogens is 518 g/mol. The molecule has 36 heavy (non-hydrogen) atoms. The molecule has 0 aliphatic heterocycles. The van der Waals surface area contributed by atoms with Gasteiger partial charge in [0.15, 0.2) is 0 Å². The third-order valence-electron chi connectivity index (χ3n) is 5.29. The third kappa shape index (κ3) is 9.25. The Balaban J connectivity index is 0.000000249. The Labute approximate surface area is 234 Å². The number of hydrogen-bond acceptors (Lipinski definition) is 2. The summed E-state index contributed by atoms with van der Waals surface area (Å²) in [6.45, 7) is 9.49. The Kier molecular flexibility index (Phi) is 12.3. The molecule has 4 aromatic carbocycles. The van der Waals surface area contributed by atoms with E-state index in [2.05, 4.69) is 26.8 Å². The van der Waals surface area contributed by atoms with E-state index in [0.29, 0.717) is 5.75 Å². The van der Waals surface area contributed by atoms with Crippen LogP contribution >= 0.6 is 0 Å². The van der Waals surface area contributed by atoms with Gasteiger partial charge in [0.1, 0.15) is 5.75 Å². The van der Waals surface area contributed by atoms with Crippen LogP contribution in [0.4, 0.5) is 0 Å². The summed E-state index contributed by atoms with van der Waals surface area (Å²) in [6, 6.07) is 44.1. The van der Waals surface area contributed by atoms with Crippen LogP contribution in [0, 0.1) is 19.9 Å². The van der Waals surface area contributed by atoms with Crippen molar-refractivity contribution in [3.8, 4) is 17.0 Å². The number of rotatable bonds is 3. The van der Waals surface area contributed by atoms with Crippen LogP contribution in [-0.2, 0) is 26.2 Å². The van der Waals surface area contributed by atoms with Crippen molar-refractivity contribution < 1.29 is 31.3 Å². The van der Waals surface area contributed by atoms with E-state index in [-0.39, 0.29) is 32.1 Å². The van der Waals surface area contributed by atoms with E-state index in [1.807, 2.05) is 121 Å². The first-order valence-corrected chi connectivity index (χ1v) is 11.5. The number of aromatic nitrogens is 1. The summed E-state index contributed by atoms with van der Waals surface area (Å²) in [5.74, 6) is 0.346. The van der Waals surface area contributed by atoms with Crippen LogP contribution in [0.1, 0.15) is 35.2 Å². The molecule has 3 heteroatoms. The van der Waals surface area contributed by atoms with Crippen molar-refractivity contribution in [3.63, 3.8) is 0 Å². The van der Waals surface area contributed by atoms with Crippen molar-refractivity contribution >= 4 is 0 Å². The zero-order valence-electron chi connectivity index (χ0n) is 20.5. The molecule has 5 rings (SSSR count). The molecule has 1 aromatic heterocycles. The molecule has 0 saturated heterocycles. The number of para-hydroxylation sites is 1. The summed E-state index contributed by atoms with van der Waals surface area (Å²) in [6.07, 6.45) is 0. The third-order valence-corrected chi connectivity index (χ3v) is 5.29. The quantitative estimate of drug-likeness (QED) is 0.231. The zero-order chi connectivity index (χ0) is 24.9. The van der Waals surface area contributed by atoms with Crippen molar-refractivity contribution in [2.24, 2.45) is 0 Å². The minimum absolute atomic E-state index is 0. The van der Waals surface area contributed by atoms with E-state index in [9.17, 15) is 5.11 Å². The smallest absolute Gasteiger partial charge is 0.508 e. The normalized spacial score (nSPS) is 10.4. The van der Waals surface area contributed by atoms with Crippen LogP contribution in [0.3, 0.4) is 0 Å². The monoisotopic (exact) mass is 546 g/mol. The first kappa shape index (κ1) is 28.7. The van der Waals surface area contributed by atoms with Crippen molar-refractivity contribution in [1.82, 2.24) is 4.98 Å². The minimum atomic E-state index is 0. The second kappa shape index (κ2) is 15.4. The molecule has 5 aromatic rings. The fourth-order valence-electron chi connectivity index (χ4n) is 3.36. The van der Waals surface area contributed by atoms with Gasteiger partial charge >= 0.3 is 26.2 Å². The summed E-state index contributed by atoms with van der Waals surface area (Å²) in [5, 5.41) is 9.99. The Bertz CT molecular complexity index is 1240. The van der Waals surface area contributed by atoms with Crippen molar-refractivity contribution in [1.29, 1.82) is 0 Å². The maximum absolute atomic E-state index is 9.99. The summed E-state index contributed by atoms with van der Waals surface area (Å²) < 4.78 is 0. The summed E-state index contributed by atoms with van der Waals surface area (Å²) in [7, 11) is 0. The molecule has 1 atom stereocenters. The molecule has 0 amide bonds. The van der Waals surface area contributed by atoms with Crippen molar-refractivity contribution in [2.45, 2.75) is 12.8 Å². The van der Waals surface area contributed by atoms with Crippen molar-refractivity contribution in [3.05, 3.63) is 170 Å². The first-order chi connectivity index (χ1) is 17.0. The molecule has 177 valence electrons. The molecule has 0 fully saturated rings. The Morgan fingerprint density at radius 1 is 0.667 bits per heavy atom. The van der Waals surface area contributed by atoms with Crippen LogP contribution in [0.25, 0.3) is 11.3 Å². The predicted molar refractivity (Wildman–Crippen MR) is 146 cm³/mol. The fraction of sp³-hybridized carbons (Fsp3) is 0.0606. The largest absolute Gasteiger partial charge is 3.00 e. The average Bonchev–Trinajstić information content (AvgIpc) is 2.91. The van der Waals surface area contributed by atoms with Gasteiger partial charge in [0.2, 0.25) is 0 Å². The molecule has 0 saturated carbocycles. The van der Waals surface area contributed by atoms with Gasteiger partial charge in [0.25, 0.3) is 0 Å². The topological polar surface area (TPSA) is 33.1 Å². The number of nitrogens with zero attached hydrogens (tertiary/aromatic N) is 1. The molecule has 0 aliphatic carbocycles. The van der Waals surface area contributed by atoms with Gasteiger partial charge in [-0.2, -0.15) is 49.2 Å². The standard InChI is InChI=1S/C19H16NO.2C7H7.Zr/c1-14(16-10-5-6-13-19(16)21)17-11-7-12-18(20-17)15-8-3-2-4-9-15;2*1-7-5-3-2-4-6-7;/h2-8,10-14,21H,1H3;2*2-6H,1H2;/q3*-1;+3. The Morgan fingerprint density at radius 3 is 1.72 bits per heavy atom. The number of aromatic hydroxyl groups is 1. The van der Waals surface area contributed by atoms with Crippen molar-refractivity contribution in [2.75, 3.05) is 0 Å². The van der Waals surface area contributed by atoms with Crippen LogP contribution < -0.4 is 0 Å². The maximum Gasteiger partial charge on any atom is 3.00 e. The maximum atomic E-state index is 9.99. The molecule has 1 radical (unpaired) electrons. The van der Waals surface area contributed by atoms with Crippen LogP contribution in [0.15, 0.2) is 127 Å². The molecule has 2 nitrogen and oxygen atoms in total. The van der Waals surface area contributed by atoms with E-state index >= 15 is 0 Å². The SMILES string of the molecule is CC(c1cccc(-c2[c-]cccc2)n1)c1ccccc1O.[CH2-]c1ccccc1.[CH2-]c1ccccc1.[Zr+3]. The van der Waals surface area contributed by atoms with Crippen LogP contribution in [0.2, 0.25) is 0 Å². The molecular formula is C33H30NOZr. The van der Waals surface area contributed by atoms with Gasteiger partial charge < -0.3 is 10.1 Å². The number of phenolic OH excluding ortho intramolecular Hbond substituents is 1. The van der Waals surface area contributed by atoms with E-state index in [1.54, 1.807) is 6.07 Å². The predicted octanol–water partition coefficient (Wildman–Crippen LogP) is 8.14. The molecule has 1 N–H and O–H groups in total. The van der Waals surface area contributed by atoms with Gasteiger partial charge in [0.05, 0.1) is 0 Å². The van der Waals surface area contributed by atoms with Gasteiger partial charge in [-0.1, -0.05) is 49.4 Å². The summed E-state index contributed by atoms with van der Waals surface area (Å²) in [4.78, 5) is 4.72. The molecule has 0 bridgehead atoms. The average molecular weight is 548 g/mol. The summed E-state index contributed by atoms with van der Waals surface area (Å²) in [5.41, 5.74) is 5.84. The Hall–Kier alpha value is -3.55. The van der Waals surface area contributed by atoms with Gasteiger partial charge in [-0.25, -0.2) is 0 Å². The first-order valence-electron chi connectivity index (χ1n) is 11.5. The van der Waals surface area contributed by atoms with Gasteiger partial charge in [-0.3, -0.25) is 0 Å². The minimum Gasteiger partial charge on any atom is -0.508 e. The second-order valence-corrected chi connectivity index (χ2v) is 7.98. The zero-order valence-corrected chi connectivity index (χ0v) is 23.0. The number of hydrogen-bond donors (Lipinski definition) is 1. The molecule has 0 spiro atoms. The van der Waals surface area contributed by atoms with Gasteiger partial charge in [-0.05, 0) is 17.8 Å². The molecule has 1 unspecified atom stereocenters.